The molecule has 5 heteroatoms. The van der Waals surface area contributed by atoms with E-state index in [1.165, 1.54) is 12.8 Å². The van der Waals surface area contributed by atoms with Crippen LogP contribution >= 0.6 is 0 Å². The molecule has 2 saturated heterocycles. The quantitative estimate of drug-likeness (QED) is 0.866. The van der Waals surface area contributed by atoms with Crippen LogP contribution in [0, 0.1) is 11.3 Å². The zero-order chi connectivity index (χ0) is 18.9. The predicted octanol–water partition coefficient (Wildman–Crippen LogP) is 2.36. The highest BCUT2D eigenvalue weighted by Crippen LogP contribution is 2.41. The normalized spacial score (nSPS) is 22.3. The summed E-state index contributed by atoms with van der Waals surface area (Å²) in [6.07, 6.45) is 6.66. The largest absolute Gasteiger partial charge is 0.392 e. The summed E-state index contributed by atoms with van der Waals surface area (Å²) in [6, 6.07) is 7.61. The van der Waals surface area contributed by atoms with Crippen LogP contribution in [0.15, 0.2) is 24.3 Å². The molecule has 0 atom stereocenters. The predicted molar refractivity (Wildman–Crippen MR) is 103 cm³/mol. The van der Waals surface area contributed by atoms with Gasteiger partial charge < -0.3 is 14.9 Å². The van der Waals surface area contributed by atoms with Gasteiger partial charge in [-0.1, -0.05) is 24.3 Å². The van der Waals surface area contributed by atoms with Crippen molar-refractivity contribution in [3.63, 3.8) is 0 Å². The second kappa shape index (κ2) is 7.63. The fourth-order valence-electron chi connectivity index (χ4n) is 4.57. The molecule has 0 aromatic heterocycles. The number of piperidine rings is 2. The molecule has 1 aromatic carbocycles. The van der Waals surface area contributed by atoms with Crippen molar-refractivity contribution in [3.8, 4) is 0 Å². The van der Waals surface area contributed by atoms with Gasteiger partial charge in [0.2, 0.25) is 11.8 Å². The van der Waals surface area contributed by atoms with Crippen LogP contribution in [0.25, 0.3) is 0 Å². The maximum atomic E-state index is 12.7. The van der Waals surface area contributed by atoms with Gasteiger partial charge in [0.1, 0.15) is 0 Å². The smallest absolute Gasteiger partial charge is 0.226 e. The van der Waals surface area contributed by atoms with Gasteiger partial charge in [0.15, 0.2) is 0 Å². The number of amides is 2. The van der Waals surface area contributed by atoms with Gasteiger partial charge in [-0.05, 0) is 54.6 Å². The van der Waals surface area contributed by atoms with E-state index >= 15 is 0 Å². The SMILES string of the molecule is O=C(Cc1ccc(CO)cc1)N1CCC2(CCC(=O)N(CC3CC3)C2)CC1. The maximum absolute atomic E-state index is 12.7. The molecule has 1 N–H and O–H groups in total. The molecular formula is C22H30N2O3. The summed E-state index contributed by atoms with van der Waals surface area (Å²) in [5.41, 5.74) is 2.09. The highest BCUT2D eigenvalue weighted by atomic mass is 16.3. The Bertz CT molecular complexity index is 688. The standard InChI is InChI=1S/C22H30N2O3/c25-15-19-5-1-17(2-6-19)13-21(27)23-11-9-22(10-12-23)8-7-20(26)24(16-22)14-18-3-4-18/h1-2,5-6,18,25H,3-4,7-16H2. The third kappa shape index (κ3) is 4.34. The molecule has 1 saturated carbocycles. The number of hydrogen-bond acceptors (Lipinski definition) is 3. The number of likely N-dealkylation sites (tertiary alicyclic amines) is 2. The lowest BCUT2D eigenvalue weighted by Gasteiger charge is -2.47. The molecule has 2 aliphatic heterocycles. The average molecular weight is 370 g/mol. The summed E-state index contributed by atoms with van der Waals surface area (Å²) in [5.74, 6) is 1.25. The van der Waals surface area contributed by atoms with Gasteiger partial charge >= 0.3 is 0 Å². The molecule has 3 fully saturated rings. The van der Waals surface area contributed by atoms with E-state index in [1.807, 2.05) is 29.2 Å². The fraction of sp³-hybridized carbons (Fsp3) is 0.636. The summed E-state index contributed by atoms with van der Waals surface area (Å²) < 4.78 is 0. The van der Waals surface area contributed by atoms with Crippen molar-refractivity contribution in [3.05, 3.63) is 35.4 Å². The minimum absolute atomic E-state index is 0.0305. The molecule has 2 amide bonds. The molecule has 0 unspecified atom stereocenters. The first-order valence-corrected chi connectivity index (χ1v) is 10.3. The molecule has 4 rings (SSSR count). The van der Waals surface area contributed by atoms with Gasteiger partial charge in [-0.25, -0.2) is 0 Å². The number of carbonyl (C=O) groups is 2. The van der Waals surface area contributed by atoms with Gasteiger partial charge in [0.05, 0.1) is 13.0 Å². The van der Waals surface area contributed by atoms with Crippen molar-refractivity contribution in [1.29, 1.82) is 0 Å². The van der Waals surface area contributed by atoms with E-state index in [-0.39, 0.29) is 17.9 Å². The van der Waals surface area contributed by atoms with E-state index in [0.29, 0.717) is 18.7 Å². The number of benzene rings is 1. The van der Waals surface area contributed by atoms with Gasteiger partial charge in [0.25, 0.3) is 0 Å². The molecule has 1 aliphatic carbocycles. The van der Waals surface area contributed by atoms with Crippen LogP contribution in [-0.2, 0) is 22.6 Å². The van der Waals surface area contributed by atoms with Crippen molar-refractivity contribution < 1.29 is 14.7 Å². The van der Waals surface area contributed by atoms with Crippen molar-refractivity contribution in [2.24, 2.45) is 11.3 Å². The molecule has 0 radical (unpaired) electrons. The number of aliphatic hydroxyl groups excluding tert-OH is 1. The molecule has 5 nitrogen and oxygen atoms in total. The third-order valence-electron chi connectivity index (χ3n) is 6.66. The van der Waals surface area contributed by atoms with Crippen LogP contribution in [0.5, 0.6) is 0 Å². The molecule has 1 aromatic rings. The summed E-state index contributed by atoms with van der Waals surface area (Å²) in [6.45, 7) is 3.49. The van der Waals surface area contributed by atoms with Crippen molar-refractivity contribution >= 4 is 11.8 Å². The van der Waals surface area contributed by atoms with Crippen LogP contribution in [0.2, 0.25) is 0 Å². The van der Waals surface area contributed by atoms with Gasteiger partial charge in [-0.3, -0.25) is 9.59 Å². The molecular weight excluding hydrogens is 340 g/mol. The molecule has 2 heterocycles. The van der Waals surface area contributed by atoms with E-state index in [4.69, 9.17) is 5.11 Å². The average Bonchev–Trinajstić information content (AvgIpc) is 3.50. The number of aliphatic hydroxyl groups is 1. The fourth-order valence-corrected chi connectivity index (χ4v) is 4.57. The van der Waals surface area contributed by atoms with E-state index < -0.39 is 0 Å². The number of nitrogens with zero attached hydrogens (tertiary/aromatic N) is 2. The first-order valence-electron chi connectivity index (χ1n) is 10.3. The van der Waals surface area contributed by atoms with Crippen molar-refractivity contribution in [2.45, 2.75) is 51.6 Å². The minimum atomic E-state index is 0.0305. The first kappa shape index (κ1) is 18.5. The van der Waals surface area contributed by atoms with E-state index in [1.54, 1.807) is 0 Å². The number of rotatable bonds is 5. The Labute approximate surface area is 161 Å². The maximum Gasteiger partial charge on any atom is 0.226 e. The summed E-state index contributed by atoms with van der Waals surface area (Å²) >= 11 is 0. The van der Waals surface area contributed by atoms with Crippen LogP contribution in [-0.4, -0.2) is 52.9 Å². The van der Waals surface area contributed by atoms with Crippen molar-refractivity contribution in [2.75, 3.05) is 26.2 Å². The summed E-state index contributed by atoms with van der Waals surface area (Å²) in [7, 11) is 0. The molecule has 0 bridgehead atoms. The second-order valence-electron chi connectivity index (χ2n) is 8.75. The zero-order valence-electron chi connectivity index (χ0n) is 16.0. The van der Waals surface area contributed by atoms with E-state index in [0.717, 1.165) is 62.5 Å². The second-order valence-corrected chi connectivity index (χ2v) is 8.75. The van der Waals surface area contributed by atoms with E-state index in [2.05, 4.69) is 4.90 Å². The van der Waals surface area contributed by atoms with Crippen molar-refractivity contribution in [1.82, 2.24) is 9.80 Å². The molecule has 146 valence electrons. The molecule has 27 heavy (non-hydrogen) atoms. The highest BCUT2D eigenvalue weighted by Gasteiger charge is 2.42. The Hall–Kier alpha value is -1.88. The third-order valence-corrected chi connectivity index (χ3v) is 6.66. The molecule has 1 spiro atoms. The lowest BCUT2D eigenvalue weighted by Crippen LogP contribution is -2.52. The van der Waals surface area contributed by atoms with Crippen LogP contribution < -0.4 is 0 Å². The lowest BCUT2D eigenvalue weighted by atomic mass is 9.72. The summed E-state index contributed by atoms with van der Waals surface area (Å²) in [5, 5.41) is 9.12. The topological polar surface area (TPSA) is 60.9 Å². The highest BCUT2D eigenvalue weighted by molar-refractivity contribution is 5.79. The Morgan fingerprint density at radius 2 is 1.74 bits per heavy atom. The first-order chi connectivity index (χ1) is 13.1. The van der Waals surface area contributed by atoms with Crippen LogP contribution in [0.3, 0.4) is 0 Å². The summed E-state index contributed by atoms with van der Waals surface area (Å²) in [4.78, 5) is 29.0. The number of hydrogen-bond donors (Lipinski definition) is 1. The number of carbonyl (C=O) groups excluding carboxylic acids is 2. The van der Waals surface area contributed by atoms with Crippen LogP contribution in [0.4, 0.5) is 0 Å². The van der Waals surface area contributed by atoms with Gasteiger partial charge in [-0.15, -0.1) is 0 Å². The molecule has 3 aliphatic rings. The Morgan fingerprint density at radius 1 is 1.07 bits per heavy atom. The monoisotopic (exact) mass is 370 g/mol. The van der Waals surface area contributed by atoms with Crippen LogP contribution in [0.1, 0.15) is 49.7 Å². The Balaban J connectivity index is 1.30. The lowest BCUT2D eigenvalue weighted by molar-refractivity contribution is -0.142. The minimum Gasteiger partial charge on any atom is -0.392 e. The van der Waals surface area contributed by atoms with Gasteiger partial charge in [-0.2, -0.15) is 0 Å². The Kier molecular flexibility index (Phi) is 5.22. The van der Waals surface area contributed by atoms with E-state index in [9.17, 15) is 9.59 Å². The zero-order valence-corrected chi connectivity index (χ0v) is 16.0. The Morgan fingerprint density at radius 3 is 2.37 bits per heavy atom. The van der Waals surface area contributed by atoms with Gasteiger partial charge in [0, 0.05) is 32.6 Å².